The Bertz CT molecular complexity index is 649. The van der Waals surface area contributed by atoms with Gasteiger partial charge in [0.2, 0.25) is 0 Å². The summed E-state index contributed by atoms with van der Waals surface area (Å²) in [6.45, 7) is 15.2. The largest absolute Gasteiger partial charge is 0.497 e. The molecule has 0 bridgehead atoms. The summed E-state index contributed by atoms with van der Waals surface area (Å²) in [4.78, 5) is 4.68. The Kier molecular flexibility index (Phi) is 5.14. The molecule has 144 valence electrons. The zero-order valence-electron chi connectivity index (χ0n) is 17.2. The minimum absolute atomic E-state index is 0.263. The van der Waals surface area contributed by atoms with Crippen molar-refractivity contribution in [2.24, 2.45) is 5.92 Å². The maximum absolute atomic E-state index is 14.9. The summed E-state index contributed by atoms with van der Waals surface area (Å²) < 4.78 is 26.9. The van der Waals surface area contributed by atoms with Crippen LogP contribution in [0.2, 0.25) is 0 Å². The lowest BCUT2D eigenvalue weighted by atomic mass is 9.78. The van der Waals surface area contributed by atoms with Gasteiger partial charge in [-0.25, -0.2) is 4.39 Å². The summed E-state index contributed by atoms with van der Waals surface area (Å²) in [5.74, 6) is 0.303. The molecule has 4 nitrogen and oxygen atoms in total. The van der Waals surface area contributed by atoms with E-state index in [-0.39, 0.29) is 5.82 Å². The van der Waals surface area contributed by atoms with E-state index in [0.717, 1.165) is 25.3 Å². The van der Waals surface area contributed by atoms with Gasteiger partial charge < -0.3 is 14.2 Å². The number of hydrogen-bond donors (Lipinski definition) is 0. The van der Waals surface area contributed by atoms with Crippen LogP contribution in [-0.4, -0.2) is 55.9 Å². The molecule has 6 heteroatoms. The van der Waals surface area contributed by atoms with E-state index >= 15 is 0 Å². The van der Waals surface area contributed by atoms with Gasteiger partial charge in [-0.1, -0.05) is 19.9 Å². The summed E-state index contributed by atoms with van der Waals surface area (Å²) in [5, 5.41) is 0. The molecule has 1 aromatic rings. The zero-order chi connectivity index (χ0) is 19.3. The Morgan fingerprint density at radius 3 is 2.27 bits per heavy atom. The third kappa shape index (κ3) is 3.51. The fourth-order valence-electron chi connectivity index (χ4n) is 3.73. The molecule has 0 N–H and O–H groups in total. The van der Waals surface area contributed by atoms with Crippen LogP contribution < -0.4 is 10.4 Å². The van der Waals surface area contributed by atoms with Crippen molar-refractivity contribution in [2.75, 3.05) is 31.6 Å². The fourth-order valence-corrected chi connectivity index (χ4v) is 3.73. The molecular formula is C20H32BFN2O2. The first-order valence-corrected chi connectivity index (χ1v) is 9.62. The zero-order valence-corrected chi connectivity index (χ0v) is 17.2. The average molecular weight is 362 g/mol. The SMILES string of the molecule is CC(C)C1CN(c2ccc(B3OC(C)(C)C(C)(C)O3)c(F)c2)CCN1C. The molecule has 0 aliphatic carbocycles. The highest BCUT2D eigenvalue weighted by molar-refractivity contribution is 6.62. The lowest BCUT2D eigenvalue weighted by Crippen LogP contribution is -2.53. The summed E-state index contributed by atoms with van der Waals surface area (Å²) in [6, 6.07) is 5.92. The van der Waals surface area contributed by atoms with Crippen molar-refractivity contribution in [3.8, 4) is 0 Å². The van der Waals surface area contributed by atoms with Gasteiger partial charge in [0, 0.05) is 36.8 Å². The smallest absolute Gasteiger partial charge is 0.399 e. The van der Waals surface area contributed by atoms with Gasteiger partial charge in [-0.05, 0) is 52.8 Å². The molecule has 2 saturated heterocycles. The van der Waals surface area contributed by atoms with Gasteiger partial charge in [-0.2, -0.15) is 0 Å². The van der Waals surface area contributed by atoms with Crippen molar-refractivity contribution in [2.45, 2.75) is 58.8 Å². The summed E-state index contributed by atoms with van der Waals surface area (Å²) in [5.41, 5.74) is 0.471. The monoisotopic (exact) mass is 362 g/mol. The fraction of sp³-hybridized carbons (Fsp3) is 0.700. The molecule has 0 aromatic heterocycles. The minimum Gasteiger partial charge on any atom is -0.399 e. The number of rotatable bonds is 3. The predicted molar refractivity (Wildman–Crippen MR) is 106 cm³/mol. The first-order valence-electron chi connectivity index (χ1n) is 9.62. The Labute approximate surface area is 157 Å². The molecular weight excluding hydrogens is 330 g/mol. The molecule has 1 unspecified atom stereocenters. The first-order chi connectivity index (χ1) is 12.0. The number of benzene rings is 1. The van der Waals surface area contributed by atoms with Gasteiger partial charge in [0.25, 0.3) is 0 Å². The number of halogens is 1. The lowest BCUT2D eigenvalue weighted by molar-refractivity contribution is 0.00578. The van der Waals surface area contributed by atoms with E-state index < -0.39 is 18.3 Å². The molecule has 26 heavy (non-hydrogen) atoms. The van der Waals surface area contributed by atoms with E-state index in [2.05, 4.69) is 30.7 Å². The van der Waals surface area contributed by atoms with Gasteiger partial charge in [-0.15, -0.1) is 0 Å². The molecule has 0 amide bonds. The van der Waals surface area contributed by atoms with Crippen LogP contribution in [0.15, 0.2) is 18.2 Å². The molecule has 2 fully saturated rings. The number of likely N-dealkylation sites (N-methyl/N-ethyl adjacent to an activating group) is 1. The van der Waals surface area contributed by atoms with E-state index in [4.69, 9.17) is 9.31 Å². The van der Waals surface area contributed by atoms with Crippen LogP contribution in [0.4, 0.5) is 10.1 Å². The quantitative estimate of drug-likeness (QED) is 0.772. The van der Waals surface area contributed by atoms with Crippen molar-refractivity contribution in [3.05, 3.63) is 24.0 Å². The van der Waals surface area contributed by atoms with Gasteiger partial charge in [0.05, 0.1) is 11.2 Å². The van der Waals surface area contributed by atoms with Crippen LogP contribution in [0.3, 0.4) is 0 Å². The molecule has 2 heterocycles. The summed E-state index contributed by atoms with van der Waals surface area (Å²) >= 11 is 0. The summed E-state index contributed by atoms with van der Waals surface area (Å²) in [6.07, 6.45) is 0. The Morgan fingerprint density at radius 2 is 1.73 bits per heavy atom. The second kappa shape index (κ2) is 6.81. The van der Waals surface area contributed by atoms with Crippen LogP contribution >= 0.6 is 0 Å². The van der Waals surface area contributed by atoms with Crippen molar-refractivity contribution in [3.63, 3.8) is 0 Å². The predicted octanol–water partition coefficient (Wildman–Crippen LogP) is 2.90. The molecule has 1 aromatic carbocycles. The maximum Gasteiger partial charge on any atom is 0.497 e. The van der Waals surface area contributed by atoms with Gasteiger partial charge in [-0.3, -0.25) is 4.90 Å². The number of hydrogen-bond acceptors (Lipinski definition) is 4. The van der Waals surface area contributed by atoms with E-state index in [1.165, 1.54) is 0 Å². The van der Waals surface area contributed by atoms with Crippen LogP contribution in [0.5, 0.6) is 0 Å². The molecule has 0 spiro atoms. The van der Waals surface area contributed by atoms with Crippen LogP contribution in [-0.2, 0) is 9.31 Å². The molecule has 1 atom stereocenters. The third-order valence-electron chi connectivity index (χ3n) is 6.32. The maximum atomic E-state index is 14.9. The van der Waals surface area contributed by atoms with E-state index in [0.29, 0.717) is 17.4 Å². The standard InChI is InChI=1S/C20H32BFN2O2/c1-14(2)18-13-24(11-10-23(18)7)15-8-9-16(17(22)12-15)21-25-19(3,4)20(5,6)26-21/h8-9,12,14,18H,10-11,13H2,1-7H3. The number of nitrogens with zero attached hydrogens (tertiary/aromatic N) is 2. The molecule has 0 saturated carbocycles. The Hall–Kier alpha value is -1.11. The summed E-state index contributed by atoms with van der Waals surface area (Å²) in [7, 11) is 1.51. The van der Waals surface area contributed by atoms with Crippen molar-refractivity contribution < 1.29 is 13.7 Å². The number of anilines is 1. The number of piperazine rings is 1. The molecule has 0 radical (unpaired) electrons. The van der Waals surface area contributed by atoms with Crippen LogP contribution in [0.1, 0.15) is 41.5 Å². The highest BCUT2D eigenvalue weighted by atomic mass is 19.1. The highest BCUT2D eigenvalue weighted by Crippen LogP contribution is 2.36. The van der Waals surface area contributed by atoms with Gasteiger partial charge in [0.1, 0.15) is 5.82 Å². The van der Waals surface area contributed by atoms with Crippen LogP contribution in [0, 0.1) is 11.7 Å². The van der Waals surface area contributed by atoms with Gasteiger partial charge in [0.15, 0.2) is 0 Å². The highest BCUT2D eigenvalue weighted by Gasteiger charge is 2.52. The van der Waals surface area contributed by atoms with Gasteiger partial charge >= 0.3 is 7.12 Å². The first kappa shape index (κ1) is 19.7. The second-order valence-electron chi connectivity index (χ2n) is 9.03. The minimum atomic E-state index is -0.662. The average Bonchev–Trinajstić information content (AvgIpc) is 2.75. The molecule has 2 aliphatic heterocycles. The van der Waals surface area contributed by atoms with Crippen molar-refractivity contribution >= 4 is 18.3 Å². The molecule has 2 aliphatic rings. The lowest BCUT2D eigenvalue weighted by Gasteiger charge is -2.42. The van der Waals surface area contributed by atoms with E-state index in [1.807, 2.05) is 39.8 Å². The molecule has 3 rings (SSSR count). The van der Waals surface area contributed by atoms with E-state index in [1.54, 1.807) is 6.07 Å². The topological polar surface area (TPSA) is 24.9 Å². The van der Waals surface area contributed by atoms with Crippen LogP contribution in [0.25, 0.3) is 0 Å². The van der Waals surface area contributed by atoms with E-state index in [9.17, 15) is 4.39 Å². The normalized spacial score (nSPS) is 26.0. The Balaban J connectivity index is 1.79. The van der Waals surface area contributed by atoms with Crippen molar-refractivity contribution in [1.29, 1.82) is 0 Å². The third-order valence-corrected chi connectivity index (χ3v) is 6.32. The second-order valence-corrected chi connectivity index (χ2v) is 9.03. The Morgan fingerprint density at radius 1 is 1.12 bits per heavy atom. The van der Waals surface area contributed by atoms with Crippen molar-refractivity contribution in [1.82, 2.24) is 4.90 Å².